The summed E-state index contributed by atoms with van der Waals surface area (Å²) in [6.07, 6.45) is 0.316. The van der Waals surface area contributed by atoms with Gasteiger partial charge in [-0.2, -0.15) is 0 Å². The predicted molar refractivity (Wildman–Crippen MR) is 112 cm³/mol. The number of para-hydroxylation sites is 1. The van der Waals surface area contributed by atoms with Gasteiger partial charge in [-0.3, -0.25) is 9.59 Å². The Labute approximate surface area is 170 Å². The van der Waals surface area contributed by atoms with Crippen LogP contribution >= 0.6 is 0 Å². The Morgan fingerprint density at radius 1 is 1.03 bits per heavy atom. The van der Waals surface area contributed by atoms with Crippen LogP contribution in [0.1, 0.15) is 34.5 Å². The molecule has 1 aromatic heterocycles. The van der Waals surface area contributed by atoms with Crippen LogP contribution in [0.4, 0.5) is 8.78 Å². The van der Waals surface area contributed by atoms with Gasteiger partial charge in [0.15, 0.2) is 5.43 Å². The fourth-order valence-corrected chi connectivity index (χ4v) is 4.35. The molecule has 150 valence electrons. The molecule has 1 atom stereocenters. The number of rotatable bonds is 1. The Morgan fingerprint density at radius 2 is 1.80 bits per heavy atom. The maximum absolute atomic E-state index is 14.1. The SMILES string of the molecule is CC1c2cc(F)cc(F)c2CCN1C(=O)c1ccc2[nH]c3ccccc3c(=O)c2c1. The molecule has 4 aromatic rings. The second-order valence-electron chi connectivity index (χ2n) is 7.64. The lowest BCUT2D eigenvalue weighted by atomic mass is 9.92. The standard InChI is InChI=1S/C24H18F2N2O2/c1-13-18-11-15(25)12-20(26)16(18)8-9-28(13)24(30)14-6-7-22-19(10-14)23(29)17-4-2-3-5-21(17)27-22/h2-7,10-13H,8-9H2,1H3,(H,27,29). The van der Waals surface area contributed by atoms with E-state index in [1.54, 1.807) is 42.2 Å². The lowest BCUT2D eigenvalue weighted by Crippen LogP contribution is -2.39. The van der Waals surface area contributed by atoms with Crippen molar-refractivity contribution in [1.29, 1.82) is 0 Å². The topological polar surface area (TPSA) is 53.2 Å². The van der Waals surface area contributed by atoms with E-state index in [-0.39, 0.29) is 11.3 Å². The molecule has 4 nitrogen and oxygen atoms in total. The highest BCUT2D eigenvalue weighted by Crippen LogP contribution is 2.33. The lowest BCUT2D eigenvalue weighted by Gasteiger charge is -2.35. The highest BCUT2D eigenvalue weighted by atomic mass is 19.1. The number of nitrogens with zero attached hydrogens (tertiary/aromatic N) is 1. The number of amides is 1. The summed E-state index contributed by atoms with van der Waals surface area (Å²) in [5.41, 5.74) is 2.55. The summed E-state index contributed by atoms with van der Waals surface area (Å²) in [6, 6.07) is 13.9. The summed E-state index contributed by atoms with van der Waals surface area (Å²) in [7, 11) is 0. The van der Waals surface area contributed by atoms with Crippen molar-refractivity contribution >= 4 is 27.7 Å². The summed E-state index contributed by atoms with van der Waals surface area (Å²) in [5, 5.41) is 0.988. The Hall–Kier alpha value is -3.54. The minimum absolute atomic E-state index is 0.143. The Balaban J connectivity index is 1.57. The first-order valence-corrected chi connectivity index (χ1v) is 9.77. The van der Waals surface area contributed by atoms with Crippen LogP contribution in [-0.4, -0.2) is 22.3 Å². The lowest BCUT2D eigenvalue weighted by molar-refractivity contribution is 0.0675. The van der Waals surface area contributed by atoms with Gasteiger partial charge in [0, 0.05) is 40.0 Å². The molecule has 1 amide bonds. The molecule has 3 aromatic carbocycles. The van der Waals surface area contributed by atoms with Crippen molar-refractivity contribution in [1.82, 2.24) is 9.88 Å². The van der Waals surface area contributed by atoms with E-state index in [1.165, 1.54) is 6.07 Å². The zero-order chi connectivity index (χ0) is 21.0. The third kappa shape index (κ3) is 2.79. The van der Waals surface area contributed by atoms with E-state index in [0.717, 1.165) is 11.6 Å². The normalized spacial score (nSPS) is 16.1. The van der Waals surface area contributed by atoms with Crippen LogP contribution in [0.15, 0.2) is 59.4 Å². The number of carbonyl (C=O) groups excluding carboxylic acids is 1. The van der Waals surface area contributed by atoms with Gasteiger partial charge in [-0.1, -0.05) is 12.1 Å². The van der Waals surface area contributed by atoms with E-state index < -0.39 is 17.7 Å². The van der Waals surface area contributed by atoms with Gasteiger partial charge >= 0.3 is 0 Å². The molecule has 0 saturated heterocycles. The number of H-pyrrole nitrogens is 1. The quantitative estimate of drug-likeness (QED) is 0.467. The van der Waals surface area contributed by atoms with Gasteiger partial charge in [0.1, 0.15) is 11.6 Å². The highest BCUT2D eigenvalue weighted by Gasteiger charge is 2.30. The van der Waals surface area contributed by atoms with Crippen molar-refractivity contribution in [3.05, 3.63) is 93.1 Å². The predicted octanol–water partition coefficient (Wildman–Crippen LogP) is 4.72. The van der Waals surface area contributed by atoms with Crippen molar-refractivity contribution in [2.75, 3.05) is 6.54 Å². The summed E-state index contributed by atoms with van der Waals surface area (Å²) >= 11 is 0. The highest BCUT2D eigenvalue weighted by molar-refractivity contribution is 6.00. The van der Waals surface area contributed by atoms with E-state index in [2.05, 4.69) is 4.98 Å². The third-order valence-electron chi connectivity index (χ3n) is 5.93. The minimum Gasteiger partial charge on any atom is -0.354 e. The van der Waals surface area contributed by atoms with Crippen molar-refractivity contribution in [2.45, 2.75) is 19.4 Å². The average Bonchev–Trinajstić information content (AvgIpc) is 2.74. The molecule has 0 aliphatic carbocycles. The van der Waals surface area contributed by atoms with E-state index in [0.29, 0.717) is 45.9 Å². The fourth-order valence-electron chi connectivity index (χ4n) is 4.35. The largest absolute Gasteiger partial charge is 0.354 e. The van der Waals surface area contributed by atoms with Crippen LogP contribution in [0.25, 0.3) is 21.8 Å². The monoisotopic (exact) mass is 404 g/mol. The average molecular weight is 404 g/mol. The van der Waals surface area contributed by atoms with Gasteiger partial charge in [-0.05, 0) is 60.9 Å². The second-order valence-corrected chi connectivity index (χ2v) is 7.64. The first kappa shape index (κ1) is 18.5. The number of pyridine rings is 1. The van der Waals surface area contributed by atoms with Crippen LogP contribution in [0, 0.1) is 11.6 Å². The minimum atomic E-state index is -0.656. The van der Waals surface area contributed by atoms with E-state index in [4.69, 9.17) is 0 Å². The van der Waals surface area contributed by atoms with Gasteiger partial charge in [0.05, 0.1) is 6.04 Å². The van der Waals surface area contributed by atoms with Gasteiger partial charge < -0.3 is 9.88 Å². The van der Waals surface area contributed by atoms with Gasteiger partial charge in [0.2, 0.25) is 0 Å². The molecule has 1 unspecified atom stereocenters. The molecule has 0 saturated carbocycles. The fraction of sp³-hybridized carbons (Fsp3) is 0.167. The van der Waals surface area contributed by atoms with Crippen molar-refractivity contribution in [2.24, 2.45) is 0 Å². The number of aromatic amines is 1. The number of benzene rings is 3. The van der Waals surface area contributed by atoms with Crippen molar-refractivity contribution in [3.8, 4) is 0 Å². The first-order chi connectivity index (χ1) is 14.4. The Bertz CT molecular complexity index is 1390. The summed E-state index contributed by atoms with van der Waals surface area (Å²) in [6.45, 7) is 2.08. The number of hydrogen-bond donors (Lipinski definition) is 1. The molecule has 0 spiro atoms. The summed E-state index contributed by atoms with van der Waals surface area (Å²) < 4.78 is 27.9. The Kier molecular flexibility index (Phi) is 4.17. The summed E-state index contributed by atoms with van der Waals surface area (Å²) in [4.78, 5) is 31.0. The number of aromatic nitrogens is 1. The Morgan fingerprint density at radius 3 is 2.63 bits per heavy atom. The van der Waals surface area contributed by atoms with Crippen LogP contribution in [-0.2, 0) is 6.42 Å². The number of hydrogen-bond acceptors (Lipinski definition) is 2. The molecular formula is C24H18F2N2O2. The molecule has 1 aliphatic heterocycles. The van der Waals surface area contributed by atoms with Gasteiger partial charge in [0.25, 0.3) is 5.91 Å². The molecule has 30 heavy (non-hydrogen) atoms. The molecule has 0 bridgehead atoms. The number of fused-ring (bicyclic) bond motifs is 3. The molecule has 5 rings (SSSR count). The molecule has 0 radical (unpaired) electrons. The molecule has 6 heteroatoms. The van der Waals surface area contributed by atoms with Crippen LogP contribution < -0.4 is 5.43 Å². The third-order valence-corrected chi connectivity index (χ3v) is 5.93. The van der Waals surface area contributed by atoms with E-state index in [1.807, 2.05) is 12.1 Å². The smallest absolute Gasteiger partial charge is 0.254 e. The molecule has 2 heterocycles. The maximum atomic E-state index is 14.1. The van der Waals surface area contributed by atoms with E-state index >= 15 is 0 Å². The second kappa shape index (κ2) is 6.76. The summed E-state index contributed by atoms with van der Waals surface area (Å²) in [5.74, 6) is -1.50. The first-order valence-electron chi connectivity index (χ1n) is 9.77. The van der Waals surface area contributed by atoms with Crippen molar-refractivity contribution in [3.63, 3.8) is 0 Å². The zero-order valence-corrected chi connectivity index (χ0v) is 16.2. The zero-order valence-electron chi connectivity index (χ0n) is 16.2. The van der Waals surface area contributed by atoms with Gasteiger partial charge in [-0.15, -0.1) is 0 Å². The van der Waals surface area contributed by atoms with Crippen LogP contribution in [0.2, 0.25) is 0 Å². The van der Waals surface area contributed by atoms with Crippen LogP contribution in [0.5, 0.6) is 0 Å². The van der Waals surface area contributed by atoms with E-state index in [9.17, 15) is 18.4 Å². The van der Waals surface area contributed by atoms with Crippen LogP contribution in [0.3, 0.4) is 0 Å². The van der Waals surface area contributed by atoms with Gasteiger partial charge in [-0.25, -0.2) is 8.78 Å². The molecule has 1 N–H and O–H groups in total. The molecule has 0 fully saturated rings. The number of nitrogens with one attached hydrogen (secondary N) is 1. The number of carbonyl (C=O) groups is 1. The molecule has 1 aliphatic rings. The molecular weight excluding hydrogens is 386 g/mol. The number of halogens is 2. The maximum Gasteiger partial charge on any atom is 0.254 e. The van der Waals surface area contributed by atoms with Crippen molar-refractivity contribution < 1.29 is 13.6 Å².